The highest BCUT2D eigenvalue weighted by Gasteiger charge is 2.02. The Morgan fingerprint density at radius 1 is 1.78 bits per heavy atom. The van der Waals surface area contributed by atoms with Crippen molar-refractivity contribution in [2.75, 3.05) is 0 Å². The van der Waals surface area contributed by atoms with E-state index >= 15 is 0 Å². The molecule has 0 radical (unpaired) electrons. The van der Waals surface area contributed by atoms with Crippen molar-refractivity contribution >= 4 is 18.4 Å². The summed E-state index contributed by atoms with van der Waals surface area (Å²) in [6.07, 6.45) is 4.79. The van der Waals surface area contributed by atoms with Crippen molar-refractivity contribution in [1.82, 2.24) is 4.67 Å². The van der Waals surface area contributed by atoms with Gasteiger partial charge in [0.05, 0.1) is 12.4 Å². The summed E-state index contributed by atoms with van der Waals surface area (Å²) >= 11 is 0. The van der Waals surface area contributed by atoms with E-state index in [1.807, 2.05) is 0 Å². The van der Waals surface area contributed by atoms with Gasteiger partial charge in [0.15, 0.2) is 0 Å². The summed E-state index contributed by atoms with van der Waals surface area (Å²) in [5.74, 6) is -1.11. The molecule has 0 bridgehead atoms. The molecule has 0 atom stereocenters. The van der Waals surface area contributed by atoms with Gasteiger partial charge in [-0.15, -0.1) is 4.67 Å². The molecular formula is C6H5NO2. The van der Waals surface area contributed by atoms with E-state index < -0.39 is 5.97 Å². The van der Waals surface area contributed by atoms with Gasteiger partial charge in [0, 0.05) is 6.08 Å². The molecule has 0 amide bonds. The van der Waals surface area contributed by atoms with E-state index in [9.17, 15) is 9.90 Å². The molecule has 1 heterocycles. The van der Waals surface area contributed by atoms with E-state index in [4.69, 9.17) is 0 Å². The zero-order valence-corrected chi connectivity index (χ0v) is 4.70. The summed E-state index contributed by atoms with van der Waals surface area (Å²) < 4.78 is 3.69. The van der Waals surface area contributed by atoms with Gasteiger partial charge in [-0.25, -0.2) is 0 Å². The van der Waals surface area contributed by atoms with Gasteiger partial charge in [0.1, 0.15) is 0 Å². The first-order valence-electron chi connectivity index (χ1n) is 2.56. The second-order valence-corrected chi connectivity index (χ2v) is 1.66. The van der Waals surface area contributed by atoms with E-state index in [0.29, 0.717) is 6.42 Å². The van der Waals surface area contributed by atoms with Crippen molar-refractivity contribution in [3.05, 3.63) is 11.6 Å². The van der Waals surface area contributed by atoms with Crippen LogP contribution in [0.1, 0.15) is 6.42 Å². The number of hydrogen-bond donors (Lipinski definition) is 0. The van der Waals surface area contributed by atoms with Crippen LogP contribution >= 0.6 is 0 Å². The lowest BCUT2D eigenvalue weighted by Gasteiger charge is -1.99. The second kappa shape index (κ2) is 2.29. The van der Waals surface area contributed by atoms with Gasteiger partial charge in [-0.05, 0) is 5.57 Å². The third-order valence-corrected chi connectivity index (χ3v) is 1.04. The van der Waals surface area contributed by atoms with E-state index in [1.165, 1.54) is 18.5 Å². The van der Waals surface area contributed by atoms with Gasteiger partial charge in [-0.3, -0.25) is 0 Å². The Morgan fingerprint density at radius 3 is 2.89 bits per heavy atom. The van der Waals surface area contributed by atoms with Crippen LogP contribution in [0.3, 0.4) is 0 Å². The molecule has 9 heavy (non-hydrogen) atoms. The summed E-state index contributed by atoms with van der Waals surface area (Å²) in [7, 11) is 0. The number of nitrogens with zero attached hydrogens (tertiary/aromatic N) is 1. The van der Waals surface area contributed by atoms with Gasteiger partial charge in [-0.1, -0.05) is 0 Å². The Bertz CT molecular complexity index is 221. The number of carbonyl (C=O) groups excluding carboxylic acids is 1. The summed E-state index contributed by atoms with van der Waals surface area (Å²) in [5.41, 5.74) is 0.282. The fraction of sp³-hybridized carbons (Fsp3) is 0.167. The summed E-state index contributed by atoms with van der Waals surface area (Å²) in [5, 5.41) is 10.1. The van der Waals surface area contributed by atoms with Crippen molar-refractivity contribution in [3.63, 3.8) is 0 Å². The average molecular weight is 123 g/mol. The minimum absolute atomic E-state index is 0.282. The van der Waals surface area contributed by atoms with Crippen LogP contribution in [0.5, 0.6) is 0 Å². The minimum atomic E-state index is -1.11. The van der Waals surface area contributed by atoms with Crippen LogP contribution in [0.15, 0.2) is 11.6 Å². The third-order valence-electron chi connectivity index (χ3n) is 1.04. The van der Waals surface area contributed by atoms with Crippen LogP contribution in [0.2, 0.25) is 0 Å². The highest BCUT2D eigenvalue weighted by molar-refractivity contribution is 5.96. The van der Waals surface area contributed by atoms with Crippen LogP contribution in [0.4, 0.5) is 0 Å². The molecule has 1 aliphatic heterocycles. The molecular weight excluding hydrogens is 118 g/mol. The lowest BCUT2D eigenvalue weighted by atomic mass is 10.2. The minimum Gasteiger partial charge on any atom is -0.545 e. The Labute approximate surface area is 52.1 Å². The molecule has 3 heteroatoms. The number of carboxylic acid groups (broad SMARTS) is 1. The summed E-state index contributed by atoms with van der Waals surface area (Å²) in [4.78, 5) is 10.1. The fourth-order valence-corrected chi connectivity index (χ4v) is 0.564. The van der Waals surface area contributed by atoms with Gasteiger partial charge in [-0.2, -0.15) is 0 Å². The van der Waals surface area contributed by atoms with Crippen LogP contribution in [0, 0.1) is 0 Å². The van der Waals surface area contributed by atoms with E-state index in [-0.39, 0.29) is 5.57 Å². The van der Waals surface area contributed by atoms with Crippen molar-refractivity contribution in [1.29, 1.82) is 0 Å². The highest BCUT2D eigenvalue weighted by atomic mass is 16.4. The van der Waals surface area contributed by atoms with E-state index in [2.05, 4.69) is 4.67 Å². The molecule has 0 aliphatic carbocycles. The quantitative estimate of drug-likeness (QED) is 0.389. The number of aliphatic carboxylic acids is 1. The van der Waals surface area contributed by atoms with Crippen molar-refractivity contribution in [2.45, 2.75) is 6.42 Å². The summed E-state index contributed by atoms with van der Waals surface area (Å²) in [6.45, 7) is 0. The maximum atomic E-state index is 10.1. The largest absolute Gasteiger partial charge is 0.545 e. The molecule has 0 aromatic heterocycles. The standard InChI is InChI=1S/C6H5NO2/c8-6(9)5-1-3-7-4-2-5/h1,3-4H,2H2. The van der Waals surface area contributed by atoms with Crippen molar-refractivity contribution in [2.24, 2.45) is 0 Å². The molecule has 0 unspecified atom stereocenters. The number of carboxylic acids is 1. The molecule has 3 nitrogen and oxygen atoms in total. The molecule has 0 saturated carbocycles. The molecule has 0 N–H and O–H groups in total. The van der Waals surface area contributed by atoms with Gasteiger partial charge < -0.3 is 9.90 Å². The average Bonchev–Trinajstić information content (AvgIpc) is 1.90. The Morgan fingerprint density at radius 2 is 2.56 bits per heavy atom. The first kappa shape index (κ1) is 5.79. The first-order chi connectivity index (χ1) is 4.30. The molecule has 0 aromatic carbocycles. The molecule has 0 aromatic rings. The zero-order chi connectivity index (χ0) is 6.69. The number of hydrogen-bond acceptors (Lipinski definition) is 2. The van der Waals surface area contributed by atoms with Crippen LogP contribution in [-0.4, -0.2) is 18.4 Å². The lowest BCUT2D eigenvalue weighted by molar-refractivity contribution is -0.299. The highest BCUT2D eigenvalue weighted by Crippen LogP contribution is 1.95. The van der Waals surface area contributed by atoms with E-state index in [0.717, 1.165) is 0 Å². The number of allylic oxidation sites excluding steroid dienone is 1. The molecule has 0 fully saturated rings. The van der Waals surface area contributed by atoms with Gasteiger partial charge in [0.25, 0.3) is 12.4 Å². The monoisotopic (exact) mass is 123 g/mol. The van der Waals surface area contributed by atoms with Crippen molar-refractivity contribution in [3.8, 4) is 0 Å². The molecule has 1 aliphatic rings. The number of carbonyl (C=O) groups is 1. The molecule has 46 valence electrons. The fourth-order valence-electron chi connectivity index (χ4n) is 0.564. The first-order valence-corrected chi connectivity index (χ1v) is 2.56. The summed E-state index contributed by atoms with van der Waals surface area (Å²) in [6, 6.07) is 0. The van der Waals surface area contributed by atoms with Crippen LogP contribution in [-0.2, 0) is 4.79 Å². The van der Waals surface area contributed by atoms with Gasteiger partial charge in [0.2, 0.25) is 0 Å². The molecule has 1 rings (SSSR count). The predicted octanol–water partition coefficient (Wildman–Crippen LogP) is -1.72. The SMILES string of the molecule is O=C([O-])C1=CC=[N+]=CC1. The Balaban J connectivity index is 2.78. The normalized spacial score (nSPS) is 15.3. The lowest BCUT2D eigenvalue weighted by Crippen LogP contribution is -2.25. The third kappa shape index (κ3) is 1.27. The van der Waals surface area contributed by atoms with E-state index in [1.54, 1.807) is 0 Å². The van der Waals surface area contributed by atoms with Gasteiger partial charge >= 0.3 is 0 Å². The number of rotatable bonds is 1. The smallest absolute Gasteiger partial charge is 0.292 e. The Kier molecular flexibility index (Phi) is 1.47. The molecule has 0 saturated heterocycles. The maximum Gasteiger partial charge on any atom is 0.292 e. The molecule has 0 spiro atoms. The van der Waals surface area contributed by atoms with Crippen LogP contribution in [0.25, 0.3) is 0 Å². The maximum absolute atomic E-state index is 10.1. The predicted molar refractivity (Wildman–Crippen MR) is 32.0 cm³/mol. The zero-order valence-electron chi connectivity index (χ0n) is 4.70. The Hall–Kier alpha value is -1.34. The second-order valence-electron chi connectivity index (χ2n) is 1.66. The van der Waals surface area contributed by atoms with Crippen LogP contribution < -0.4 is 9.77 Å². The topological polar surface area (TPSA) is 54.2 Å². The van der Waals surface area contributed by atoms with Crippen molar-refractivity contribution < 1.29 is 9.90 Å².